The van der Waals surface area contributed by atoms with Crippen LogP contribution in [0.5, 0.6) is 0 Å². The second kappa shape index (κ2) is 5.18. The third kappa shape index (κ3) is 2.97. The Morgan fingerprint density at radius 3 is 2.80 bits per heavy atom. The van der Waals surface area contributed by atoms with E-state index in [1.165, 1.54) is 0 Å². The van der Waals surface area contributed by atoms with Gasteiger partial charge in [0.05, 0.1) is 0 Å². The van der Waals surface area contributed by atoms with Crippen molar-refractivity contribution in [3.8, 4) is 12.3 Å². The zero-order valence-electron chi connectivity index (χ0n) is 9.79. The average molecular weight is 208 g/mol. The van der Waals surface area contributed by atoms with Crippen LogP contribution in [0.1, 0.15) is 13.8 Å². The summed E-state index contributed by atoms with van der Waals surface area (Å²) in [7, 11) is 1.86. The molecule has 1 saturated heterocycles. The fourth-order valence-corrected chi connectivity index (χ4v) is 2.00. The minimum atomic E-state index is 0.0636. The Morgan fingerprint density at radius 1 is 1.60 bits per heavy atom. The van der Waals surface area contributed by atoms with Crippen LogP contribution in [0.2, 0.25) is 0 Å². The fraction of sp³-hybridized carbons (Fsp3) is 0.750. The Kier molecular flexibility index (Phi) is 4.16. The molecule has 0 aromatic rings. The van der Waals surface area contributed by atoms with E-state index in [2.05, 4.69) is 11.2 Å². The van der Waals surface area contributed by atoms with E-state index in [1.807, 2.05) is 20.9 Å². The van der Waals surface area contributed by atoms with Crippen LogP contribution >= 0.6 is 0 Å². The summed E-state index contributed by atoms with van der Waals surface area (Å²) in [5, 5.41) is 3.27. The van der Waals surface area contributed by atoms with E-state index in [0.717, 1.165) is 19.6 Å². The number of hydrogen-bond donors (Lipinski definition) is 1. The van der Waals surface area contributed by atoms with Crippen LogP contribution < -0.4 is 5.32 Å². The highest BCUT2D eigenvalue weighted by atomic mass is 16.2. The highest BCUT2D eigenvalue weighted by Crippen LogP contribution is 2.17. The number of nitrogens with one attached hydrogen (secondary N) is 1. The fourth-order valence-electron chi connectivity index (χ4n) is 2.00. The van der Waals surface area contributed by atoms with Crippen molar-refractivity contribution in [2.75, 3.05) is 26.7 Å². The standard InChI is InChI=1S/C12H20N2O/c1-5-10-6-13-7-11(10)8-14(4)12(15)9(2)3/h1,9-11,13H,6-8H2,2-4H3/t10-,11-/m0/s1. The number of rotatable bonds is 3. The smallest absolute Gasteiger partial charge is 0.224 e. The molecule has 0 bridgehead atoms. The lowest BCUT2D eigenvalue weighted by molar-refractivity contribution is -0.133. The van der Waals surface area contributed by atoms with E-state index in [4.69, 9.17) is 6.42 Å². The Labute approximate surface area is 92.2 Å². The van der Waals surface area contributed by atoms with Gasteiger partial charge in [-0.25, -0.2) is 0 Å². The molecule has 1 heterocycles. The van der Waals surface area contributed by atoms with Gasteiger partial charge in [0.2, 0.25) is 5.91 Å². The minimum absolute atomic E-state index is 0.0636. The summed E-state index contributed by atoms with van der Waals surface area (Å²) >= 11 is 0. The predicted molar refractivity (Wildman–Crippen MR) is 61.2 cm³/mol. The Hall–Kier alpha value is -1.01. The van der Waals surface area contributed by atoms with Crippen LogP contribution in [-0.2, 0) is 4.79 Å². The molecular formula is C12H20N2O. The number of terminal acetylenes is 1. The highest BCUT2D eigenvalue weighted by Gasteiger charge is 2.27. The summed E-state index contributed by atoms with van der Waals surface area (Å²) in [5.74, 6) is 3.72. The summed E-state index contributed by atoms with van der Waals surface area (Å²) in [5.41, 5.74) is 0. The lowest BCUT2D eigenvalue weighted by atomic mass is 9.96. The number of hydrogen-bond acceptors (Lipinski definition) is 2. The van der Waals surface area contributed by atoms with Crippen molar-refractivity contribution in [3.63, 3.8) is 0 Å². The van der Waals surface area contributed by atoms with Gasteiger partial charge >= 0.3 is 0 Å². The van der Waals surface area contributed by atoms with Gasteiger partial charge in [-0.15, -0.1) is 12.3 Å². The van der Waals surface area contributed by atoms with Crippen molar-refractivity contribution < 1.29 is 4.79 Å². The second-order valence-electron chi connectivity index (χ2n) is 4.56. The zero-order chi connectivity index (χ0) is 11.4. The van der Waals surface area contributed by atoms with E-state index >= 15 is 0 Å². The van der Waals surface area contributed by atoms with Crippen molar-refractivity contribution in [1.29, 1.82) is 0 Å². The third-order valence-corrected chi connectivity index (χ3v) is 2.93. The normalized spacial score (nSPS) is 25.3. The van der Waals surface area contributed by atoms with Gasteiger partial charge in [0.15, 0.2) is 0 Å². The van der Waals surface area contributed by atoms with E-state index in [1.54, 1.807) is 4.90 Å². The Bertz CT molecular complexity index is 267. The molecule has 1 aliphatic rings. The molecule has 1 N–H and O–H groups in total. The van der Waals surface area contributed by atoms with Gasteiger partial charge in [0, 0.05) is 44.4 Å². The maximum atomic E-state index is 11.7. The molecule has 15 heavy (non-hydrogen) atoms. The van der Waals surface area contributed by atoms with Crippen molar-refractivity contribution >= 4 is 5.91 Å². The molecule has 84 valence electrons. The average Bonchev–Trinajstić information content (AvgIpc) is 2.63. The minimum Gasteiger partial charge on any atom is -0.345 e. The summed E-state index contributed by atoms with van der Waals surface area (Å²) in [6, 6.07) is 0. The van der Waals surface area contributed by atoms with Crippen LogP contribution in [-0.4, -0.2) is 37.5 Å². The second-order valence-corrected chi connectivity index (χ2v) is 4.56. The number of carbonyl (C=O) groups excluding carboxylic acids is 1. The SMILES string of the molecule is C#C[C@H]1CNC[C@H]1CN(C)C(=O)C(C)C. The molecule has 0 aromatic heterocycles. The summed E-state index contributed by atoms with van der Waals surface area (Å²) < 4.78 is 0. The van der Waals surface area contributed by atoms with Gasteiger partial charge in [-0.3, -0.25) is 4.79 Å². The number of amides is 1. The molecule has 1 amide bonds. The molecule has 2 atom stereocenters. The van der Waals surface area contributed by atoms with Crippen LogP contribution in [0.3, 0.4) is 0 Å². The molecule has 3 nitrogen and oxygen atoms in total. The zero-order valence-corrected chi connectivity index (χ0v) is 9.79. The first-order valence-electron chi connectivity index (χ1n) is 5.48. The van der Waals surface area contributed by atoms with Crippen LogP contribution in [0.15, 0.2) is 0 Å². The molecule has 3 heteroatoms. The van der Waals surface area contributed by atoms with E-state index in [-0.39, 0.29) is 17.7 Å². The van der Waals surface area contributed by atoms with E-state index < -0.39 is 0 Å². The molecule has 0 unspecified atom stereocenters. The van der Waals surface area contributed by atoms with Crippen molar-refractivity contribution in [3.05, 3.63) is 0 Å². The van der Waals surface area contributed by atoms with Crippen LogP contribution in [0, 0.1) is 30.1 Å². The molecule has 0 spiro atoms. The third-order valence-electron chi connectivity index (χ3n) is 2.93. The Morgan fingerprint density at radius 2 is 2.27 bits per heavy atom. The summed E-state index contributed by atoms with van der Waals surface area (Å²) in [6.07, 6.45) is 5.44. The molecule has 0 radical (unpaired) electrons. The molecule has 0 aromatic carbocycles. The quantitative estimate of drug-likeness (QED) is 0.688. The van der Waals surface area contributed by atoms with Gasteiger partial charge in [-0.2, -0.15) is 0 Å². The summed E-state index contributed by atoms with van der Waals surface area (Å²) in [6.45, 7) is 6.41. The first-order chi connectivity index (χ1) is 7.06. The van der Waals surface area contributed by atoms with Crippen LogP contribution in [0.25, 0.3) is 0 Å². The molecule has 1 rings (SSSR count). The van der Waals surface area contributed by atoms with Crippen molar-refractivity contribution in [2.45, 2.75) is 13.8 Å². The monoisotopic (exact) mass is 208 g/mol. The van der Waals surface area contributed by atoms with E-state index in [0.29, 0.717) is 5.92 Å². The molecule has 1 fully saturated rings. The maximum Gasteiger partial charge on any atom is 0.224 e. The van der Waals surface area contributed by atoms with Gasteiger partial charge in [-0.1, -0.05) is 13.8 Å². The topological polar surface area (TPSA) is 32.3 Å². The van der Waals surface area contributed by atoms with Gasteiger partial charge in [-0.05, 0) is 0 Å². The summed E-state index contributed by atoms with van der Waals surface area (Å²) in [4.78, 5) is 13.5. The first-order valence-corrected chi connectivity index (χ1v) is 5.48. The van der Waals surface area contributed by atoms with Crippen molar-refractivity contribution in [1.82, 2.24) is 10.2 Å². The Balaban J connectivity index is 2.48. The molecular weight excluding hydrogens is 188 g/mol. The molecule has 0 aliphatic carbocycles. The molecule has 0 saturated carbocycles. The highest BCUT2D eigenvalue weighted by molar-refractivity contribution is 5.77. The lowest BCUT2D eigenvalue weighted by Crippen LogP contribution is -2.36. The number of carbonyl (C=O) groups is 1. The molecule has 1 aliphatic heterocycles. The van der Waals surface area contributed by atoms with E-state index in [9.17, 15) is 4.79 Å². The van der Waals surface area contributed by atoms with Crippen LogP contribution in [0.4, 0.5) is 0 Å². The van der Waals surface area contributed by atoms with Gasteiger partial charge < -0.3 is 10.2 Å². The van der Waals surface area contributed by atoms with Crippen molar-refractivity contribution in [2.24, 2.45) is 17.8 Å². The largest absolute Gasteiger partial charge is 0.345 e. The van der Waals surface area contributed by atoms with Gasteiger partial charge in [0.25, 0.3) is 0 Å². The van der Waals surface area contributed by atoms with Gasteiger partial charge in [0.1, 0.15) is 0 Å². The maximum absolute atomic E-state index is 11.7. The predicted octanol–water partition coefficient (Wildman–Crippen LogP) is 0.570. The first kappa shape index (κ1) is 12.1. The number of nitrogens with zero attached hydrogens (tertiary/aromatic N) is 1. The lowest BCUT2D eigenvalue weighted by Gasteiger charge is -2.24.